The molecule has 1 aliphatic heterocycles. The Bertz CT molecular complexity index is 684. The number of aryl methyl sites for hydroxylation is 1. The lowest BCUT2D eigenvalue weighted by molar-refractivity contribution is -0.126. The Balaban J connectivity index is 1.63. The van der Waals surface area contributed by atoms with Gasteiger partial charge in [0.05, 0.1) is 21.1 Å². The first kappa shape index (κ1) is 16.4. The zero-order valence-corrected chi connectivity index (χ0v) is 14.4. The van der Waals surface area contributed by atoms with Crippen molar-refractivity contribution in [1.82, 2.24) is 15.2 Å². The van der Waals surface area contributed by atoms with Crippen molar-refractivity contribution in [3.63, 3.8) is 0 Å². The van der Waals surface area contributed by atoms with Crippen molar-refractivity contribution >= 4 is 27.5 Å². The number of aromatic nitrogens is 1. The molecule has 0 bridgehead atoms. The van der Waals surface area contributed by atoms with Crippen molar-refractivity contribution in [2.75, 3.05) is 26.2 Å². The van der Waals surface area contributed by atoms with Crippen LogP contribution < -0.4 is 11.1 Å². The Hall–Kier alpha value is -1.50. The summed E-state index contributed by atoms with van der Waals surface area (Å²) in [4.78, 5) is 19.0. The minimum Gasteiger partial charge on any atom is -0.355 e. The number of nitrogens with zero attached hydrogens (tertiary/aromatic N) is 2. The number of carbonyl (C=O) groups is 1. The van der Waals surface area contributed by atoms with E-state index in [1.54, 1.807) is 11.3 Å². The number of amides is 1. The molecular weight excluding hydrogens is 308 g/mol. The molecule has 23 heavy (non-hydrogen) atoms. The molecule has 124 valence electrons. The first-order valence-electron chi connectivity index (χ1n) is 8.22. The molecule has 3 rings (SSSR count). The van der Waals surface area contributed by atoms with Gasteiger partial charge in [-0.1, -0.05) is 6.07 Å². The highest BCUT2D eigenvalue weighted by Gasteiger charge is 2.25. The molecule has 1 amide bonds. The summed E-state index contributed by atoms with van der Waals surface area (Å²) < 4.78 is 1.24. The van der Waals surface area contributed by atoms with E-state index in [0.29, 0.717) is 13.1 Å². The third kappa shape index (κ3) is 4.07. The molecule has 1 unspecified atom stereocenters. The zero-order chi connectivity index (χ0) is 16.2. The minimum atomic E-state index is 0.0877. The molecule has 1 aliphatic rings. The van der Waals surface area contributed by atoms with Crippen LogP contribution in [0.25, 0.3) is 10.2 Å². The Morgan fingerprint density at radius 1 is 1.52 bits per heavy atom. The highest BCUT2D eigenvalue weighted by Crippen LogP contribution is 2.24. The lowest BCUT2D eigenvalue weighted by Crippen LogP contribution is -2.43. The predicted octanol–water partition coefficient (Wildman–Crippen LogP) is 1.89. The van der Waals surface area contributed by atoms with Crippen LogP contribution in [-0.2, 0) is 11.3 Å². The topological polar surface area (TPSA) is 71.2 Å². The van der Waals surface area contributed by atoms with E-state index < -0.39 is 0 Å². The molecule has 5 nitrogen and oxygen atoms in total. The maximum atomic E-state index is 12.1. The number of benzene rings is 1. The summed E-state index contributed by atoms with van der Waals surface area (Å²) in [6.45, 7) is 5.89. The average Bonchev–Trinajstić information content (AvgIpc) is 2.92. The molecular formula is C17H24N4OS. The van der Waals surface area contributed by atoms with Gasteiger partial charge in [-0.2, -0.15) is 0 Å². The molecule has 1 atom stereocenters. The number of hydrogen-bond donors (Lipinski definition) is 2. The lowest BCUT2D eigenvalue weighted by atomic mass is 9.96. The number of nitrogens with one attached hydrogen (secondary N) is 1. The standard InChI is InChI=1S/C17H24N4OS/c1-12-20-15-5-4-13(9-16(15)23-12)10-21-8-2-3-14(11-21)17(22)19-7-6-18/h4-5,9,14H,2-3,6-8,10-11,18H2,1H3,(H,19,22). The highest BCUT2D eigenvalue weighted by molar-refractivity contribution is 7.18. The maximum absolute atomic E-state index is 12.1. The van der Waals surface area contributed by atoms with E-state index in [4.69, 9.17) is 5.73 Å². The van der Waals surface area contributed by atoms with Crippen LogP contribution in [0, 0.1) is 12.8 Å². The summed E-state index contributed by atoms with van der Waals surface area (Å²) in [7, 11) is 0. The molecule has 2 aromatic rings. The first-order valence-corrected chi connectivity index (χ1v) is 9.03. The molecule has 1 aromatic carbocycles. The molecule has 0 spiro atoms. The third-order valence-electron chi connectivity index (χ3n) is 4.29. The summed E-state index contributed by atoms with van der Waals surface area (Å²) in [5.41, 5.74) is 7.83. The van der Waals surface area contributed by atoms with Gasteiger partial charge in [0.15, 0.2) is 0 Å². The number of likely N-dealkylation sites (tertiary alicyclic amines) is 1. The fourth-order valence-corrected chi connectivity index (χ4v) is 4.08. The molecule has 1 fully saturated rings. The van der Waals surface area contributed by atoms with Gasteiger partial charge in [0.25, 0.3) is 0 Å². The van der Waals surface area contributed by atoms with Crippen LogP contribution in [0.5, 0.6) is 0 Å². The number of rotatable bonds is 5. The summed E-state index contributed by atoms with van der Waals surface area (Å²) >= 11 is 1.74. The molecule has 6 heteroatoms. The van der Waals surface area contributed by atoms with Gasteiger partial charge < -0.3 is 11.1 Å². The van der Waals surface area contributed by atoms with Crippen molar-refractivity contribution in [2.24, 2.45) is 11.7 Å². The normalized spacial score (nSPS) is 19.1. The lowest BCUT2D eigenvalue weighted by Gasteiger charge is -2.32. The van der Waals surface area contributed by atoms with E-state index >= 15 is 0 Å². The predicted molar refractivity (Wildman–Crippen MR) is 94.4 cm³/mol. The number of thiazole rings is 1. The SMILES string of the molecule is Cc1nc2ccc(CN3CCCC(C(=O)NCCN)C3)cc2s1. The molecule has 0 saturated carbocycles. The smallest absolute Gasteiger partial charge is 0.224 e. The van der Waals surface area contributed by atoms with Crippen LogP contribution in [-0.4, -0.2) is 42.0 Å². The Morgan fingerprint density at radius 2 is 2.39 bits per heavy atom. The third-order valence-corrected chi connectivity index (χ3v) is 5.22. The fourth-order valence-electron chi connectivity index (χ4n) is 3.19. The van der Waals surface area contributed by atoms with Crippen LogP contribution in [0.4, 0.5) is 0 Å². The van der Waals surface area contributed by atoms with Gasteiger partial charge in [0.1, 0.15) is 0 Å². The molecule has 1 aromatic heterocycles. The zero-order valence-electron chi connectivity index (χ0n) is 13.5. The van der Waals surface area contributed by atoms with Gasteiger partial charge in [-0.3, -0.25) is 9.69 Å². The van der Waals surface area contributed by atoms with Crippen molar-refractivity contribution in [1.29, 1.82) is 0 Å². The second kappa shape index (κ2) is 7.38. The van der Waals surface area contributed by atoms with Crippen molar-refractivity contribution < 1.29 is 4.79 Å². The monoisotopic (exact) mass is 332 g/mol. The Kier molecular flexibility index (Phi) is 5.25. The van der Waals surface area contributed by atoms with E-state index in [9.17, 15) is 4.79 Å². The number of fused-ring (bicyclic) bond motifs is 1. The van der Waals surface area contributed by atoms with E-state index in [-0.39, 0.29) is 11.8 Å². The molecule has 0 radical (unpaired) electrons. The quantitative estimate of drug-likeness (QED) is 0.877. The highest BCUT2D eigenvalue weighted by atomic mass is 32.1. The van der Waals surface area contributed by atoms with Crippen LogP contribution in [0.15, 0.2) is 18.2 Å². The van der Waals surface area contributed by atoms with E-state index in [2.05, 4.69) is 33.4 Å². The van der Waals surface area contributed by atoms with Crippen LogP contribution in [0.3, 0.4) is 0 Å². The maximum Gasteiger partial charge on any atom is 0.224 e. The second-order valence-corrected chi connectivity index (χ2v) is 7.42. The van der Waals surface area contributed by atoms with Gasteiger partial charge in [0.2, 0.25) is 5.91 Å². The minimum absolute atomic E-state index is 0.0877. The van der Waals surface area contributed by atoms with E-state index in [0.717, 1.165) is 43.0 Å². The van der Waals surface area contributed by atoms with Gasteiger partial charge >= 0.3 is 0 Å². The van der Waals surface area contributed by atoms with Crippen LogP contribution in [0.1, 0.15) is 23.4 Å². The van der Waals surface area contributed by atoms with Crippen molar-refractivity contribution in [3.05, 3.63) is 28.8 Å². The van der Waals surface area contributed by atoms with Crippen LogP contribution >= 0.6 is 11.3 Å². The van der Waals surface area contributed by atoms with Gasteiger partial charge in [-0.05, 0) is 44.0 Å². The van der Waals surface area contributed by atoms with Crippen molar-refractivity contribution in [3.8, 4) is 0 Å². The first-order chi connectivity index (χ1) is 11.2. The number of hydrogen-bond acceptors (Lipinski definition) is 5. The second-order valence-electron chi connectivity index (χ2n) is 6.19. The molecule has 0 aliphatic carbocycles. The summed E-state index contributed by atoms with van der Waals surface area (Å²) in [5.74, 6) is 0.235. The summed E-state index contributed by atoms with van der Waals surface area (Å²) in [5, 5.41) is 4.02. The average molecular weight is 332 g/mol. The summed E-state index contributed by atoms with van der Waals surface area (Å²) in [6.07, 6.45) is 2.04. The summed E-state index contributed by atoms with van der Waals surface area (Å²) in [6, 6.07) is 6.49. The fraction of sp³-hybridized carbons (Fsp3) is 0.529. The van der Waals surface area contributed by atoms with E-state index in [1.165, 1.54) is 10.3 Å². The molecule has 3 N–H and O–H groups in total. The number of carbonyl (C=O) groups excluding carboxylic acids is 1. The van der Waals surface area contributed by atoms with E-state index in [1.807, 2.05) is 6.92 Å². The van der Waals surface area contributed by atoms with Gasteiger partial charge in [0, 0.05) is 26.2 Å². The molecule has 1 saturated heterocycles. The van der Waals surface area contributed by atoms with Crippen molar-refractivity contribution in [2.45, 2.75) is 26.3 Å². The van der Waals surface area contributed by atoms with Crippen LogP contribution in [0.2, 0.25) is 0 Å². The number of piperidine rings is 1. The van der Waals surface area contributed by atoms with Gasteiger partial charge in [-0.25, -0.2) is 4.98 Å². The molecule has 2 heterocycles. The van der Waals surface area contributed by atoms with Gasteiger partial charge in [-0.15, -0.1) is 11.3 Å². The Morgan fingerprint density at radius 3 is 3.22 bits per heavy atom. The number of nitrogens with two attached hydrogens (primary N) is 1. The largest absolute Gasteiger partial charge is 0.355 e. The Labute approximate surface area is 140 Å².